The summed E-state index contributed by atoms with van der Waals surface area (Å²) in [5.74, 6) is -3.31. The van der Waals surface area contributed by atoms with Crippen molar-refractivity contribution in [1.82, 2.24) is 0 Å². The molecule has 15 nitrogen and oxygen atoms in total. The lowest BCUT2D eigenvalue weighted by Gasteiger charge is -2.49. The molecule has 0 aliphatic carbocycles. The fourth-order valence-electron chi connectivity index (χ4n) is 8.92. The normalized spacial score (nSPS) is 23.0. The molecule has 0 spiro atoms. The van der Waals surface area contributed by atoms with Crippen molar-refractivity contribution in [3.63, 3.8) is 0 Å². The van der Waals surface area contributed by atoms with Gasteiger partial charge in [0.1, 0.15) is 37.1 Å². The monoisotopic (exact) mass is 1040 g/mol. The van der Waals surface area contributed by atoms with Gasteiger partial charge in [-0.2, -0.15) is 0 Å². The van der Waals surface area contributed by atoms with Gasteiger partial charge in [0.05, 0.1) is 48.7 Å². The lowest BCUT2D eigenvalue weighted by atomic mass is 9.95. The van der Waals surface area contributed by atoms with E-state index in [9.17, 15) is 19.2 Å². The van der Waals surface area contributed by atoms with Gasteiger partial charge in [0.15, 0.2) is 30.9 Å². The van der Waals surface area contributed by atoms with Gasteiger partial charge in [0, 0.05) is 7.11 Å². The molecule has 0 aromatic heterocycles. The molecule has 10 atom stereocenters. The van der Waals surface area contributed by atoms with Crippen molar-refractivity contribution in [2.45, 2.75) is 81.2 Å². The summed E-state index contributed by atoms with van der Waals surface area (Å²) in [7, 11) is 1.49. The molecule has 0 amide bonds. The Hall–Kier alpha value is -7.86. The molecule has 9 rings (SSSR count). The molecule has 15 heteroatoms. The standard InChI is InChI=1S/C62H58O15/c1-67-61-55(70-39-44-27-13-4-14-28-44)53(69-38-43-25-11-3-12-26-43)51(49(72-61)40-68-37-42-23-9-2-10-24-42)77-62-56(76-60(66)48-35-21-8-22-36-48)54(75-59(65)47-33-19-7-20-34-47)52(74-58(64)46-31-17-6-18-32-46)50(73-62)41-71-57(63)45-29-15-5-16-30-45/h2-36,49-56,61-62H,37-41H2,1H3/t49-,50-,51-,52-,53+,54+,55+,56-,61+,62+/m1/s1. The topological polar surface area (TPSA) is 170 Å². The molecule has 0 saturated carbocycles. The molecule has 7 aromatic rings. The Bertz CT molecular complexity index is 2920. The zero-order valence-electron chi connectivity index (χ0n) is 42.1. The Kier molecular flexibility index (Phi) is 19.1. The number of esters is 4. The maximum absolute atomic E-state index is 14.5. The first-order chi connectivity index (χ1) is 37.8. The predicted molar refractivity (Wildman–Crippen MR) is 279 cm³/mol. The maximum atomic E-state index is 14.5. The molecule has 77 heavy (non-hydrogen) atoms. The van der Waals surface area contributed by atoms with Crippen molar-refractivity contribution in [3.05, 3.63) is 251 Å². The molecule has 2 saturated heterocycles. The summed E-state index contributed by atoms with van der Waals surface area (Å²) < 4.78 is 71.9. The summed E-state index contributed by atoms with van der Waals surface area (Å²) in [6, 6.07) is 61.3. The van der Waals surface area contributed by atoms with Gasteiger partial charge in [-0.05, 0) is 65.2 Å². The van der Waals surface area contributed by atoms with Gasteiger partial charge in [-0.15, -0.1) is 0 Å². The van der Waals surface area contributed by atoms with Crippen molar-refractivity contribution < 1.29 is 71.3 Å². The number of hydrogen-bond donors (Lipinski definition) is 0. The highest BCUT2D eigenvalue weighted by Gasteiger charge is 2.57. The van der Waals surface area contributed by atoms with Crippen LogP contribution in [0.2, 0.25) is 0 Å². The van der Waals surface area contributed by atoms with E-state index in [-0.39, 0.29) is 48.7 Å². The van der Waals surface area contributed by atoms with Gasteiger partial charge >= 0.3 is 23.9 Å². The van der Waals surface area contributed by atoms with Crippen LogP contribution in [0.5, 0.6) is 0 Å². The smallest absolute Gasteiger partial charge is 0.338 e. The van der Waals surface area contributed by atoms with Gasteiger partial charge in [0.2, 0.25) is 0 Å². The minimum atomic E-state index is -1.73. The van der Waals surface area contributed by atoms with E-state index >= 15 is 0 Å². The van der Waals surface area contributed by atoms with E-state index in [4.69, 9.17) is 52.1 Å². The average molecular weight is 1040 g/mol. The Morgan fingerprint density at radius 3 is 1.18 bits per heavy atom. The van der Waals surface area contributed by atoms with Crippen molar-refractivity contribution >= 4 is 23.9 Å². The van der Waals surface area contributed by atoms with Gasteiger partial charge in [-0.3, -0.25) is 0 Å². The van der Waals surface area contributed by atoms with Crippen molar-refractivity contribution in [3.8, 4) is 0 Å². The van der Waals surface area contributed by atoms with Crippen LogP contribution >= 0.6 is 0 Å². The minimum absolute atomic E-state index is 0.0649. The lowest BCUT2D eigenvalue weighted by molar-refractivity contribution is -0.365. The number of hydrogen-bond acceptors (Lipinski definition) is 15. The Balaban J connectivity index is 1.16. The predicted octanol–water partition coefficient (Wildman–Crippen LogP) is 9.39. The summed E-state index contributed by atoms with van der Waals surface area (Å²) in [6.45, 7) is -0.312. The molecule has 396 valence electrons. The van der Waals surface area contributed by atoms with Gasteiger partial charge in [-0.25, -0.2) is 19.2 Å². The summed E-state index contributed by atoms with van der Waals surface area (Å²) in [4.78, 5) is 57.0. The highest BCUT2D eigenvalue weighted by atomic mass is 16.8. The molecule has 2 fully saturated rings. The molecule has 2 aliphatic rings. The zero-order chi connectivity index (χ0) is 53.2. The summed E-state index contributed by atoms with van der Waals surface area (Å²) in [5, 5.41) is 0. The van der Waals surface area contributed by atoms with E-state index in [2.05, 4.69) is 0 Å². The van der Waals surface area contributed by atoms with Crippen LogP contribution in [0, 0.1) is 0 Å². The highest BCUT2D eigenvalue weighted by Crippen LogP contribution is 2.37. The molecule has 0 unspecified atom stereocenters. The second kappa shape index (κ2) is 27.3. The first kappa shape index (κ1) is 53.9. The number of ether oxygens (including phenoxy) is 11. The fourth-order valence-corrected chi connectivity index (χ4v) is 8.92. The molecule has 7 aromatic carbocycles. The van der Waals surface area contributed by atoms with E-state index in [1.54, 1.807) is 121 Å². The Morgan fingerprint density at radius 2 is 0.727 bits per heavy atom. The molecular formula is C62H58O15. The van der Waals surface area contributed by atoms with E-state index in [1.165, 1.54) is 7.11 Å². The van der Waals surface area contributed by atoms with Crippen LogP contribution in [0.25, 0.3) is 0 Å². The number of rotatable bonds is 22. The van der Waals surface area contributed by atoms with Crippen LogP contribution in [0.4, 0.5) is 0 Å². The Morgan fingerprint density at radius 1 is 0.364 bits per heavy atom. The van der Waals surface area contributed by atoms with Crippen molar-refractivity contribution in [1.29, 1.82) is 0 Å². The quantitative estimate of drug-likeness (QED) is 0.0464. The van der Waals surface area contributed by atoms with Crippen LogP contribution in [0.3, 0.4) is 0 Å². The first-order valence-corrected chi connectivity index (χ1v) is 25.2. The Labute approximate surface area is 446 Å². The molecule has 0 radical (unpaired) electrons. The van der Waals surface area contributed by atoms with E-state index in [0.717, 1.165) is 16.7 Å². The summed E-state index contributed by atoms with van der Waals surface area (Å²) in [6.07, 6.45) is -13.6. The molecule has 2 heterocycles. The summed E-state index contributed by atoms with van der Waals surface area (Å²) >= 11 is 0. The number of benzene rings is 7. The van der Waals surface area contributed by atoms with Crippen LogP contribution in [-0.2, 0) is 71.9 Å². The fraction of sp³-hybridized carbons (Fsp3) is 0.258. The van der Waals surface area contributed by atoms with E-state index in [1.807, 2.05) is 91.0 Å². The third-order valence-electron chi connectivity index (χ3n) is 12.8. The maximum Gasteiger partial charge on any atom is 0.338 e. The van der Waals surface area contributed by atoms with Gasteiger partial charge in [-0.1, -0.05) is 164 Å². The largest absolute Gasteiger partial charge is 0.459 e. The summed E-state index contributed by atoms with van der Waals surface area (Å²) in [5.41, 5.74) is 3.18. The highest BCUT2D eigenvalue weighted by molar-refractivity contribution is 5.91. The zero-order valence-corrected chi connectivity index (χ0v) is 42.1. The SMILES string of the molecule is CO[C@H]1O[C@H](COCc2ccccc2)[C@@H](O[C@@H]2O[C@H](COC(=O)c3ccccc3)[C@@H](OC(=O)c3ccccc3)[C@H](OC(=O)c3ccccc3)[C@H]2OC(=O)c2ccccc2)[C@H](OCc2ccccc2)[C@@H]1OCc1ccccc1. The van der Waals surface area contributed by atoms with E-state index < -0.39 is 91.9 Å². The molecular weight excluding hydrogens is 985 g/mol. The van der Waals surface area contributed by atoms with Crippen LogP contribution < -0.4 is 0 Å². The third-order valence-corrected chi connectivity index (χ3v) is 12.8. The van der Waals surface area contributed by atoms with Crippen molar-refractivity contribution in [2.24, 2.45) is 0 Å². The second-order valence-corrected chi connectivity index (χ2v) is 18.1. The molecule has 0 N–H and O–H groups in total. The lowest BCUT2D eigenvalue weighted by Crippen LogP contribution is -2.67. The van der Waals surface area contributed by atoms with E-state index in [0.29, 0.717) is 0 Å². The second-order valence-electron chi connectivity index (χ2n) is 18.1. The minimum Gasteiger partial charge on any atom is -0.459 e. The number of methoxy groups -OCH3 is 1. The number of carbonyl (C=O) groups is 4. The van der Waals surface area contributed by atoms with Gasteiger partial charge < -0.3 is 52.1 Å². The third kappa shape index (κ3) is 14.5. The molecule has 0 bridgehead atoms. The van der Waals surface area contributed by atoms with Gasteiger partial charge in [0.25, 0.3) is 0 Å². The van der Waals surface area contributed by atoms with Crippen LogP contribution in [-0.4, -0.2) is 106 Å². The van der Waals surface area contributed by atoms with Crippen LogP contribution in [0.1, 0.15) is 58.1 Å². The van der Waals surface area contributed by atoms with Crippen LogP contribution in [0.15, 0.2) is 212 Å². The first-order valence-electron chi connectivity index (χ1n) is 25.2. The average Bonchev–Trinajstić information content (AvgIpc) is 3.49. The molecule has 2 aliphatic heterocycles. The van der Waals surface area contributed by atoms with Crippen molar-refractivity contribution in [2.75, 3.05) is 20.3 Å². The number of carbonyl (C=O) groups excluding carboxylic acids is 4.